The molecule has 0 aromatic carbocycles. The standard InChI is InChI=1S/C12H14BrN3O4S/c13-8-1-6-12(14-7-8)21(19,20)16-11(18)5-3-9-2-4-10(17)15-9/h1,6-7,9H,2-5H2,(H,15,17)(H,16,18). The maximum atomic E-state index is 11.9. The van der Waals surface area contributed by atoms with Gasteiger partial charge in [-0.25, -0.2) is 9.71 Å². The van der Waals surface area contributed by atoms with E-state index >= 15 is 0 Å². The zero-order valence-electron chi connectivity index (χ0n) is 11.0. The van der Waals surface area contributed by atoms with Crippen LogP contribution in [0.4, 0.5) is 0 Å². The first kappa shape index (κ1) is 15.9. The minimum Gasteiger partial charge on any atom is -0.353 e. The minimum atomic E-state index is -3.95. The van der Waals surface area contributed by atoms with Crippen molar-refractivity contribution in [2.24, 2.45) is 0 Å². The molecule has 0 bridgehead atoms. The van der Waals surface area contributed by atoms with Gasteiger partial charge >= 0.3 is 0 Å². The molecule has 0 radical (unpaired) electrons. The Kier molecular flexibility index (Phi) is 4.94. The van der Waals surface area contributed by atoms with Crippen LogP contribution in [0.2, 0.25) is 0 Å². The summed E-state index contributed by atoms with van der Waals surface area (Å²) in [6, 6.07) is 2.77. The van der Waals surface area contributed by atoms with Gasteiger partial charge in [0.2, 0.25) is 11.8 Å². The summed E-state index contributed by atoms with van der Waals surface area (Å²) in [4.78, 5) is 26.5. The molecule has 1 atom stereocenters. The highest BCUT2D eigenvalue weighted by molar-refractivity contribution is 9.10. The van der Waals surface area contributed by atoms with Crippen molar-refractivity contribution < 1.29 is 18.0 Å². The first-order valence-electron chi connectivity index (χ1n) is 6.33. The second-order valence-corrected chi connectivity index (χ2v) is 7.23. The zero-order valence-corrected chi connectivity index (χ0v) is 13.4. The van der Waals surface area contributed by atoms with Gasteiger partial charge in [0.1, 0.15) is 0 Å². The number of carbonyl (C=O) groups is 2. The Morgan fingerprint density at radius 1 is 1.48 bits per heavy atom. The van der Waals surface area contributed by atoms with Crippen molar-refractivity contribution in [2.45, 2.75) is 36.8 Å². The SMILES string of the molecule is O=C1CCC(CCC(=O)NS(=O)(=O)c2ccc(Br)cn2)N1. The highest BCUT2D eigenvalue weighted by Gasteiger charge is 2.23. The van der Waals surface area contributed by atoms with Crippen molar-refractivity contribution in [3.63, 3.8) is 0 Å². The number of hydrogen-bond acceptors (Lipinski definition) is 5. The number of nitrogens with one attached hydrogen (secondary N) is 2. The number of amides is 2. The van der Waals surface area contributed by atoms with Gasteiger partial charge in [-0.2, -0.15) is 8.42 Å². The fourth-order valence-corrected chi connectivity index (χ4v) is 3.15. The zero-order chi connectivity index (χ0) is 15.5. The van der Waals surface area contributed by atoms with Gasteiger partial charge in [-0.05, 0) is 40.9 Å². The summed E-state index contributed by atoms with van der Waals surface area (Å²) < 4.78 is 26.5. The molecule has 1 aliphatic heterocycles. The van der Waals surface area contributed by atoms with Crippen LogP contribution >= 0.6 is 15.9 Å². The lowest BCUT2D eigenvalue weighted by atomic mass is 10.1. The molecule has 1 fully saturated rings. The first-order chi connectivity index (χ1) is 9.87. The van der Waals surface area contributed by atoms with Crippen molar-refractivity contribution in [3.05, 3.63) is 22.8 Å². The van der Waals surface area contributed by atoms with E-state index in [1.807, 2.05) is 4.72 Å². The van der Waals surface area contributed by atoms with Crippen LogP contribution in [0.25, 0.3) is 0 Å². The van der Waals surface area contributed by atoms with E-state index in [9.17, 15) is 18.0 Å². The van der Waals surface area contributed by atoms with Crippen LogP contribution in [0.5, 0.6) is 0 Å². The molecule has 0 saturated carbocycles. The maximum Gasteiger partial charge on any atom is 0.281 e. The van der Waals surface area contributed by atoms with Crippen molar-refractivity contribution in [1.29, 1.82) is 0 Å². The second-order valence-electron chi connectivity index (χ2n) is 4.69. The summed E-state index contributed by atoms with van der Waals surface area (Å²) in [5.74, 6) is -0.645. The van der Waals surface area contributed by atoms with Gasteiger partial charge in [0.05, 0.1) is 0 Å². The molecule has 21 heavy (non-hydrogen) atoms. The lowest BCUT2D eigenvalue weighted by Gasteiger charge is -2.10. The average molecular weight is 376 g/mol. The summed E-state index contributed by atoms with van der Waals surface area (Å²) in [7, 11) is -3.95. The Balaban J connectivity index is 1.89. The first-order valence-corrected chi connectivity index (χ1v) is 8.61. The molecule has 2 heterocycles. The number of rotatable bonds is 5. The Morgan fingerprint density at radius 3 is 2.81 bits per heavy atom. The highest BCUT2D eigenvalue weighted by atomic mass is 79.9. The van der Waals surface area contributed by atoms with Crippen LogP contribution in [0.3, 0.4) is 0 Å². The van der Waals surface area contributed by atoms with E-state index in [0.29, 0.717) is 23.7 Å². The fraction of sp³-hybridized carbons (Fsp3) is 0.417. The number of sulfonamides is 1. The van der Waals surface area contributed by atoms with Gasteiger partial charge in [-0.15, -0.1) is 0 Å². The van der Waals surface area contributed by atoms with Crippen LogP contribution in [0, 0.1) is 0 Å². The molecule has 2 N–H and O–H groups in total. The molecular formula is C12H14BrN3O4S. The molecule has 2 rings (SSSR count). The molecular weight excluding hydrogens is 362 g/mol. The van der Waals surface area contributed by atoms with Crippen molar-refractivity contribution in [3.8, 4) is 0 Å². The summed E-state index contributed by atoms with van der Waals surface area (Å²) in [5.41, 5.74) is 0. The third-order valence-electron chi connectivity index (χ3n) is 3.03. The van der Waals surface area contributed by atoms with E-state index in [4.69, 9.17) is 0 Å². The van der Waals surface area contributed by atoms with Crippen LogP contribution in [0.15, 0.2) is 27.8 Å². The third kappa shape index (κ3) is 4.50. The normalized spacial score (nSPS) is 18.3. The van der Waals surface area contributed by atoms with Crippen molar-refractivity contribution in [2.75, 3.05) is 0 Å². The summed E-state index contributed by atoms with van der Waals surface area (Å²) in [6.45, 7) is 0. The molecule has 1 aromatic rings. The predicted molar refractivity (Wildman–Crippen MR) is 77.7 cm³/mol. The van der Waals surface area contributed by atoms with Gasteiger partial charge < -0.3 is 5.32 Å². The van der Waals surface area contributed by atoms with E-state index < -0.39 is 15.9 Å². The number of halogens is 1. The number of hydrogen-bond donors (Lipinski definition) is 2. The molecule has 0 spiro atoms. The van der Waals surface area contributed by atoms with Gasteiger partial charge in [-0.3, -0.25) is 9.59 Å². The predicted octanol–water partition coefficient (Wildman–Crippen LogP) is 0.708. The number of nitrogens with zero attached hydrogens (tertiary/aromatic N) is 1. The fourth-order valence-electron chi connectivity index (χ4n) is 1.97. The third-order valence-corrected chi connectivity index (χ3v) is 4.79. The maximum absolute atomic E-state index is 11.9. The van der Waals surface area contributed by atoms with Crippen LogP contribution in [0.1, 0.15) is 25.7 Å². The van der Waals surface area contributed by atoms with Gasteiger partial charge in [0.15, 0.2) is 5.03 Å². The molecule has 1 aliphatic rings. The number of pyridine rings is 1. The van der Waals surface area contributed by atoms with Gasteiger partial charge in [0.25, 0.3) is 10.0 Å². The van der Waals surface area contributed by atoms with Crippen LogP contribution in [-0.4, -0.2) is 31.3 Å². The monoisotopic (exact) mass is 375 g/mol. The minimum absolute atomic E-state index is 0.0285. The molecule has 1 saturated heterocycles. The van der Waals surface area contributed by atoms with Crippen LogP contribution < -0.4 is 10.0 Å². The summed E-state index contributed by atoms with van der Waals surface area (Å²) in [6.07, 6.45) is 2.91. The number of aromatic nitrogens is 1. The number of carbonyl (C=O) groups excluding carboxylic acids is 2. The Hall–Kier alpha value is -1.48. The Bertz CT molecular complexity index is 645. The molecule has 7 nitrogen and oxygen atoms in total. The van der Waals surface area contributed by atoms with E-state index in [1.165, 1.54) is 18.3 Å². The molecule has 114 valence electrons. The highest BCUT2D eigenvalue weighted by Crippen LogP contribution is 2.13. The van der Waals surface area contributed by atoms with Gasteiger partial charge in [0, 0.05) is 29.6 Å². The Labute approximate surface area is 130 Å². The lowest BCUT2D eigenvalue weighted by molar-refractivity contribution is -0.121. The summed E-state index contributed by atoms with van der Waals surface area (Å²) in [5, 5.41) is 2.51. The van der Waals surface area contributed by atoms with Gasteiger partial charge in [-0.1, -0.05) is 0 Å². The molecule has 1 aromatic heterocycles. The molecule has 9 heteroatoms. The average Bonchev–Trinajstić information content (AvgIpc) is 2.82. The van der Waals surface area contributed by atoms with Crippen molar-refractivity contribution >= 4 is 37.8 Å². The van der Waals surface area contributed by atoms with E-state index in [-0.39, 0.29) is 23.4 Å². The largest absolute Gasteiger partial charge is 0.353 e. The van der Waals surface area contributed by atoms with Crippen LogP contribution in [-0.2, 0) is 19.6 Å². The second kappa shape index (κ2) is 6.52. The smallest absolute Gasteiger partial charge is 0.281 e. The van der Waals surface area contributed by atoms with Crippen molar-refractivity contribution in [1.82, 2.24) is 15.0 Å². The lowest BCUT2D eigenvalue weighted by Crippen LogP contribution is -2.33. The quantitative estimate of drug-likeness (QED) is 0.788. The topological polar surface area (TPSA) is 105 Å². The van der Waals surface area contributed by atoms with E-state index in [1.54, 1.807) is 0 Å². The molecule has 2 amide bonds. The molecule has 0 aliphatic carbocycles. The van der Waals surface area contributed by atoms with E-state index in [0.717, 1.165) is 0 Å². The molecule has 1 unspecified atom stereocenters. The van der Waals surface area contributed by atoms with E-state index in [2.05, 4.69) is 26.2 Å². The summed E-state index contributed by atoms with van der Waals surface area (Å²) >= 11 is 3.15. The Morgan fingerprint density at radius 2 is 2.24 bits per heavy atom.